The summed E-state index contributed by atoms with van der Waals surface area (Å²) in [6.45, 7) is 1.51. The summed E-state index contributed by atoms with van der Waals surface area (Å²) in [4.78, 5) is 17.4. The first-order chi connectivity index (χ1) is 17.3. The molecule has 2 fully saturated rings. The Bertz CT molecular complexity index is 1260. The number of nitrogens with zero attached hydrogens (tertiary/aromatic N) is 3. The van der Waals surface area contributed by atoms with E-state index in [1.807, 2.05) is 6.08 Å². The number of alkyl halides is 3. The summed E-state index contributed by atoms with van der Waals surface area (Å²) < 4.78 is 48.8. The van der Waals surface area contributed by atoms with Crippen molar-refractivity contribution in [3.8, 4) is 17.0 Å². The Morgan fingerprint density at radius 1 is 1.11 bits per heavy atom. The summed E-state index contributed by atoms with van der Waals surface area (Å²) in [5.74, 6) is 0.595. The van der Waals surface area contributed by atoms with Crippen LogP contribution in [0, 0.1) is 5.92 Å². The molecule has 3 heterocycles. The molecule has 1 aliphatic carbocycles. The number of benzene rings is 1. The Labute approximate surface area is 205 Å². The third-order valence-corrected chi connectivity index (χ3v) is 6.47. The second-order valence-corrected chi connectivity index (χ2v) is 9.02. The summed E-state index contributed by atoms with van der Waals surface area (Å²) in [5, 5.41) is 13.2. The minimum Gasteiger partial charge on any atom is -0.478 e. The van der Waals surface area contributed by atoms with Crippen LogP contribution in [0.15, 0.2) is 53.2 Å². The fraction of sp³-hybridized carbons (Fsp3) is 0.346. The van der Waals surface area contributed by atoms with Gasteiger partial charge >= 0.3 is 12.3 Å². The maximum absolute atomic E-state index is 13.0. The highest BCUT2D eigenvalue weighted by Gasteiger charge is 2.35. The van der Waals surface area contributed by atoms with Gasteiger partial charge in [-0.2, -0.15) is 0 Å². The van der Waals surface area contributed by atoms with Crippen molar-refractivity contribution in [2.45, 2.75) is 38.0 Å². The van der Waals surface area contributed by atoms with Crippen LogP contribution in [-0.2, 0) is 0 Å². The van der Waals surface area contributed by atoms with Crippen molar-refractivity contribution in [2.24, 2.45) is 5.92 Å². The van der Waals surface area contributed by atoms with Crippen molar-refractivity contribution in [1.82, 2.24) is 10.1 Å². The fourth-order valence-corrected chi connectivity index (χ4v) is 4.43. The van der Waals surface area contributed by atoms with Crippen LogP contribution in [0.5, 0.6) is 5.75 Å². The lowest BCUT2D eigenvalue weighted by Crippen LogP contribution is -2.33. The first kappa shape index (κ1) is 23.9. The average molecular weight is 499 g/mol. The number of carboxylic acids is 1. The second-order valence-electron chi connectivity index (χ2n) is 9.02. The van der Waals surface area contributed by atoms with Gasteiger partial charge in [0.05, 0.1) is 5.56 Å². The van der Waals surface area contributed by atoms with Crippen LogP contribution < -0.4 is 9.64 Å². The predicted octanol–water partition coefficient (Wildman–Crippen LogP) is 6.14. The van der Waals surface area contributed by atoms with Crippen molar-refractivity contribution in [3.63, 3.8) is 0 Å². The number of hydrogen-bond donors (Lipinski definition) is 1. The quantitative estimate of drug-likeness (QED) is 0.418. The smallest absolute Gasteiger partial charge is 0.478 e. The van der Waals surface area contributed by atoms with E-state index in [0.29, 0.717) is 17.0 Å². The van der Waals surface area contributed by atoms with Gasteiger partial charge in [-0.05, 0) is 55.9 Å². The molecule has 0 atom stereocenters. The summed E-state index contributed by atoms with van der Waals surface area (Å²) in [5.41, 5.74) is 1.42. The number of anilines is 1. The lowest BCUT2D eigenvalue weighted by atomic mass is 9.94. The molecule has 1 aliphatic heterocycles. The SMILES string of the molecule is O=C(O)c1ccc(N2CCC(/C=C/c3c(-c4ccccc4OC(F)(F)F)noc3C3CC3)CC2)nc1. The molecule has 0 bridgehead atoms. The van der Waals surface area contributed by atoms with Crippen LogP contribution in [-0.4, -0.2) is 40.7 Å². The summed E-state index contributed by atoms with van der Waals surface area (Å²) in [6, 6.07) is 9.21. The zero-order valence-corrected chi connectivity index (χ0v) is 19.2. The fourth-order valence-electron chi connectivity index (χ4n) is 4.43. The Morgan fingerprint density at radius 2 is 1.86 bits per heavy atom. The number of rotatable bonds is 7. The molecule has 0 amide bonds. The van der Waals surface area contributed by atoms with E-state index in [2.05, 4.69) is 25.9 Å². The summed E-state index contributed by atoms with van der Waals surface area (Å²) >= 11 is 0. The summed E-state index contributed by atoms with van der Waals surface area (Å²) in [7, 11) is 0. The lowest BCUT2D eigenvalue weighted by Gasteiger charge is -2.31. The van der Waals surface area contributed by atoms with Gasteiger partial charge in [-0.15, -0.1) is 13.2 Å². The number of aromatic carboxylic acids is 1. The first-order valence-corrected chi connectivity index (χ1v) is 11.8. The van der Waals surface area contributed by atoms with E-state index in [1.54, 1.807) is 24.3 Å². The molecule has 1 aromatic carbocycles. The van der Waals surface area contributed by atoms with Crippen LogP contribution in [0.25, 0.3) is 17.3 Å². The first-order valence-electron chi connectivity index (χ1n) is 11.8. The number of ether oxygens (including phenoxy) is 1. The molecule has 0 spiro atoms. The maximum Gasteiger partial charge on any atom is 0.573 e. The van der Waals surface area contributed by atoms with Crippen molar-refractivity contribution in [3.05, 3.63) is 65.6 Å². The molecule has 3 aromatic rings. The second kappa shape index (κ2) is 9.67. The minimum atomic E-state index is -4.81. The van der Waals surface area contributed by atoms with Gasteiger partial charge in [-0.3, -0.25) is 0 Å². The molecule has 2 aromatic heterocycles. The van der Waals surface area contributed by atoms with E-state index in [-0.39, 0.29) is 28.7 Å². The largest absolute Gasteiger partial charge is 0.573 e. The zero-order valence-electron chi connectivity index (χ0n) is 19.2. The molecule has 1 N–H and O–H groups in total. The molecule has 0 unspecified atom stereocenters. The molecule has 10 heteroatoms. The van der Waals surface area contributed by atoms with Crippen molar-refractivity contribution >= 4 is 17.9 Å². The summed E-state index contributed by atoms with van der Waals surface area (Å²) in [6.07, 6.45) is 4.17. The molecule has 1 saturated heterocycles. The molecule has 1 saturated carbocycles. The van der Waals surface area contributed by atoms with E-state index >= 15 is 0 Å². The van der Waals surface area contributed by atoms with E-state index in [4.69, 9.17) is 9.63 Å². The van der Waals surface area contributed by atoms with E-state index < -0.39 is 12.3 Å². The van der Waals surface area contributed by atoms with Gasteiger partial charge in [0.2, 0.25) is 0 Å². The number of halogens is 3. The van der Waals surface area contributed by atoms with Gasteiger partial charge in [-0.1, -0.05) is 29.4 Å². The van der Waals surface area contributed by atoms with Crippen molar-refractivity contribution in [1.29, 1.82) is 0 Å². The third kappa shape index (κ3) is 5.37. The molecule has 188 valence electrons. The highest BCUT2D eigenvalue weighted by atomic mass is 19.4. The number of para-hydroxylation sites is 1. The van der Waals surface area contributed by atoms with E-state index in [9.17, 15) is 18.0 Å². The van der Waals surface area contributed by atoms with Gasteiger partial charge in [-0.25, -0.2) is 9.78 Å². The standard InChI is InChI=1S/C26H24F3N3O4/c27-26(28,29)35-21-4-2-1-3-19(21)23-20(24(36-31-23)17-6-7-17)9-5-16-11-13-32(14-12-16)22-10-8-18(15-30-22)25(33)34/h1-5,8-10,15-17H,6-7,11-14H2,(H,33,34)/b9-5+. The molecular formula is C26H24F3N3O4. The Balaban J connectivity index is 1.33. The average Bonchev–Trinajstić information content (AvgIpc) is 3.62. The Morgan fingerprint density at radius 3 is 2.50 bits per heavy atom. The normalized spacial score (nSPS) is 17.0. The number of allylic oxidation sites excluding steroid dienone is 1. The number of hydrogen-bond acceptors (Lipinski definition) is 6. The number of carboxylic acid groups (broad SMARTS) is 1. The molecule has 2 aliphatic rings. The van der Waals surface area contributed by atoms with Crippen LogP contribution >= 0.6 is 0 Å². The molecule has 36 heavy (non-hydrogen) atoms. The molecule has 5 rings (SSSR count). The van der Waals surface area contributed by atoms with Crippen LogP contribution in [0.1, 0.15) is 53.3 Å². The third-order valence-electron chi connectivity index (χ3n) is 6.47. The van der Waals surface area contributed by atoms with Crippen LogP contribution in [0.3, 0.4) is 0 Å². The number of pyridine rings is 1. The predicted molar refractivity (Wildman–Crippen MR) is 126 cm³/mol. The van der Waals surface area contributed by atoms with Gasteiger partial charge in [0.25, 0.3) is 0 Å². The van der Waals surface area contributed by atoms with Crippen LogP contribution in [0.2, 0.25) is 0 Å². The van der Waals surface area contributed by atoms with Gasteiger partial charge in [0.1, 0.15) is 23.0 Å². The van der Waals surface area contributed by atoms with Crippen molar-refractivity contribution < 1.29 is 32.3 Å². The number of aromatic nitrogens is 2. The van der Waals surface area contributed by atoms with Crippen molar-refractivity contribution in [2.75, 3.05) is 18.0 Å². The van der Waals surface area contributed by atoms with Crippen LogP contribution in [0.4, 0.5) is 19.0 Å². The number of carbonyl (C=O) groups is 1. The number of piperidine rings is 1. The van der Waals surface area contributed by atoms with E-state index in [1.165, 1.54) is 18.3 Å². The highest BCUT2D eigenvalue weighted by molar-refractivity contribution is 5.87. The minimum absolute atomic E-state index is 0.148. The molecule has 0 radical (unpaired) electrons. The van der Waals surface area contributed by atoms with Gasteiger partial charge in [0, 0.05) is 36.3 Å². The topological polar surface area (TPSA) is 88.7 Å². The lowest BCUT2D eigenvalue weighted by molar-refractivity contribution is -0.274. The zero-order chi connectivity index (χ0) is 25.3. The molecular weight excluding hydrogens is 475 g/mol. The van der Waals surface area contributed by atoms with Gasteiger partial charge < -0.3 is 19.3 Å². The monoisotopic (exact) mass is 499 g/mol. The molecule has 7 nitrogen and oxygen atoms in total. The Hall–Kier alpha value is -3.82. The maximum atomic E-state index is 13.0. The van der Waals surface area contributed by atoms with E-state index in [0.717, 1.165) is 44.6 Å². The Kier molecular flexibility index (Phi) is 6.42. The van der Waals surface area contributed by atoms with Gasteiger partial charge in [0.15, 0.2) is 0 Å². The highest BCUT2D eigenvalue weighted by Crippen LogP contribution is 2.46.